The van der Waals surface area contributed by atoms with Gasteiger partial charge < -0.3 is 52.5 Å². The smallest absolute Gasteiger partial charge is 0.338 e. The van der Waals surface area contributed by atoms with E-state index in [0.29, 0.717) is 0 Å². The zero-order valence-corrected chi connectivity index (χ0v) is 37.7. The van der Waals surface area contributed by atoms with E-state index in [4.69, 9.17) is 47.4 Å². The van der Waals surface area contributed by atoms with Gasteiger partial charge in [-0.15, -0.1) is 0 Å². The molecular formula is C55H56O13. The third kappa shape index (κ3) is 13.1. The molecule has 6 aromatic carbocycles. The van der Waals surface area contributed by atoms with E-state index in [0.717, 1.165) is 33.4 Å². The predicted molar refractivity (Wildman–Crippen MR) is 248 cm³/mol. The molecule has 0 aromatic heterocycles. The average molecular weight is 925 g/mol. The van der Waals surface area contributed by atoms with E-state index in [1.54, 1.807) is 0 Å². The van der Waals surface area contributed by atoms with Crippen molar-refractivity contribution < 1.29 is 62.1 Å². The largest absolute Gasteiger partial charge is 0.467 e. The van der Waals surface area contributed by atoms with Gasteiger partial charge in [0.2, 0.25) is 0 Å². The van der Waals surface area contributed by atoms with E-state index >= 15 is 0 Å². The Labute approximate surface area is 396 Å². The highest BCUT2D eigenvalue weighted by Crippen LogP contribution is 2.36. The van der Waals surface area contributed by atoms with Crippen LogP contribution in [0.3, 0.4) is 0 Å². The van der Waals surface area contributed by atoms with Gasteiger partial charge in [0.05, 0.1) is 40.1 Å². The maximum Gasteiger partial charge on any atom is 0.338 e. The summed E-state index contributed by atoms with van der Waals surface area (Å²) in [5.41, 5.74) is 4.87. The first-order valence-corrected chi connectivity index (χ1v) is 22.6. The second-order valence-corrected chi connectivity index (χ2v) is 16.4. The third-order valence-electron chi connectivity index (χ3n) is 11.6. The Hall–Kier alpha value is -6.10. The molecule has 8 rings (SSSR count). The Bertz CT molecular complexity index is 2400. The van der Waals surface area contributed by atoms with Crippen molar-refractivity contribution >= 4 is 11.9 Å². The van der Waals surface area contributed by atoms with Crippen molar-refractivity contribution in [3.8, 4) is 0 Å². The molecule has 2 aliphatic heterocycles. The number of benzene rings is 6. The molecule has 0 amide bonds. The zero-order chi connectivity index (χ0) is 46.9. The molecule has 0 aliphatic carbocycles. The van der Waals surface area contributed by atoms with Crippen LogP contribution in [-0.2, 0) is 96.6 Å². The summed E-state index contributed by atoms with van der Waals surface area (Å²) in [5.74, 6) is -1.67. The highest BCUT2D eigenvalue weighted by Gasteiger charge is 2.57. The summed E-state index contributed by atoms with van der Waals surface area (Å²) in [4.78, 5) is 28.3. The first kappa shape index (κ1) is 48.4. The Morgan fingerprint density at radius 1 is 0.397 bits per heavy atom. The molecule has 10 atom stereocenters. The van der Waals surface area contributed by atoms with E-state index in [-0.39, 0.29) is 39.6 Å². The van der Waals surface area contributed by atoms with Gasteiger partial charge in [-0.2, -0.15) is 0 Å². The SMILES string of the molecule is COC(=O)[C@H]1O[C@@H](OCc2ccccc2)[C@H](OCc2ccccc2)[C@@H](OCc2ccccc2)[C@H]1O[C@H]1O[C@H](C(=O)OCc2ccccc2)[C@H](O)[C@H](OCc2ccccc2)[C@H]1OCc1ccccc1. The summed E-state index contributed by atoms with van der Waals surface area (Å²) in [5, 5.41) is 12.2. The molecule has 2 fully saturated rings. The van der Waals surface area contributed by atoms with Crippen molar-refractivity contribution in [3.05, 3.63) is 215 Å². The number of ether oxygens (including phenoxy) is 10. The number of methoxy groups -OCH3 is 1. The number of carbonyl (C=O) groups is 2. The molecular weight excluding hydrogens is 869 g/mol. The van der Waals surface area contributed by atoms with Crippen LogP contribution in [0.1, 0.15) is 33.4 Å². The molecule has 1 N–H and O–H groups in total. The number of esters is 2. The Morgan fingerprint density at radius 3 is 1.15 bits per heavy atom. The lowest BCUT2D eigenvalue weighted by molar-refractivity contribution is -0.367. The summed E-state index contributed by atoms with van der Waals surface area (Å²) in [6.07, 6.45) is -13.5. The predicted octanol–water partition coefficient (Wildman–Crippen LogP) is 7.66. The minimum absolute atomic E-state index is 0.0300. The van der Waals surface area contributed by atoms with Gasteiger partial charge in [0, 0.05) is 0 Å². The van der Waals surface area contributed by atoms with Crippen LogP contribution in [0.4, 0.5) is 0 Å². The molecule has 6 aromatic rings. The van der Waals surface area contributed by atoms with Gasteiger partial charge in [0.15, 0.2) is 24.8 Å². The molecule has 2 saturated heterocycles. The second kappa shape index (κ2) is 24.8. The summed E-state index contributed by atoms with van der Waals surface area (Å²) in [6, 6.07) is 56.6. The highest BCUT2D eigenvalue weighted by molar-refractivity contribution is 5.76. The summed E-state index contributed by atoms with van der Waals surface area (Å²) < 4.78 is 64.5. The van der Waals surface area contributed by atoms with Crippen LogP contribution in [0.5, 0.6) is 0 Å². The van der Waals surface area contributed by atoms with E-state index in [1.807, 2.05) is 182 Å². The first-order valence-electron chi connectivity index (χ1n) is 22.6. The number of carbonyl (C=O) groups excluding carboxylic acids is 2. The quantitative estimate of drug-likeness (QED) is 0.0706. The van der Waals surface area contributed by atoms with Crippen molar-refractivity contribution in [1.82, 2.24) is 0 Å². The molecule has 2 aliphatic rings. The molecule has 354 valence electrons. The lowest BCUT2D eigenvalue weighted by Gasteiger charge is -2.48. The number of aliphatic hydroxyl groups is 1. The molecule has 13 heteroatoms. The molecule has 0 spiro atoms. The normalized spacial score (nSPS) is 24.7. The zero-order valence-electron chi connectivity index (χ0n) is 37.7. The van der Waals surface area contributed by atoms with Gasteiger partial charge in [-0.1, -0.05) is 182 Å². The fraction of sp³-hybridized carbons (Fsp3) is 0.309. The topological polar surface area (TPSA) is 147 Å². The maximum atomic E-state index is 14.2. The van der Waals surface area contributed by atoms with Crippen LogP contribution < -0.4 is 0 Å². The van der Waals surface area contributed by atoms with Crippen molar-refractivity contribution in [3.63, 3.8) is 0 Å². The lowest BCUT2D eigenvalue weighted by atomic mass is 9.95. The summed E-state index contributed by atoms with van der Waals surface area (Å²) >= 11 is 0. The van der Waals surface area contributed by atoms with Gasteiger partial charge in [-0.05, 0) is 33.4 Å². The first-order chi connectivity index (χ1) is 33.4. The van der Waals surface area contributed by atoms with E-state index in [1.165, 1.54) is 7.11 Å². The molecule has 2 heterocycles. The average Bonchev–Trinajstić information content (AvgIpc) is 3.39. The summed E-state index contributed by atoms with van der Waals surface area (Å²) in [7, 11) is 1.24. The Morgan fingerprint density at radius 2 is 0.735 bits per heavy atom. The van der Waals surface area contributed by atoms with E-state index in [2.05, 4.69) is 0 Å². The number of hydrogen-bond donors (Lipinski definition) is 1. The number of aliphatic hydroxyl groups excluding tert-OH is 1. The van der Waals surface area contributed by atoms with E-state index < -0.39 is 73.4 Å². The molecule has 0 saturated carbocycles. The fourth-order valence-electron chi connectivity index (χ4n) is 8.05. The number of rotatable bonds is 21. The molecule has 13 nitrogen and oxygen atoms in total. The lowest BCUT2D eigenvalue weighted by Crippen LogP contribution is -2.67. The van der Waals surface area contributed by atoms with E-state index in [9.17, 15) is 14.7 Å². The van der Waals surface area contributed by atoms with Gasteiger partial charge in [-0.25, -0.2) is 9.59 Å². The van der Waals surface area contributed by atoms with Crippen LogP contribution in [0.15, 0.2) is 182 Å². The fourth-order valence-corrected chi connectivity index (χ4v) is 8.05. The molecule has 0 radical (unpaired) electrons. The van der Waals surface area contributed by atoms with Crippen molar-refractivity contribution in [2.75, 3.05) is 7.11 Å². The number of hydrogen-bond acceptors (Lipinski definition) is 13. The van der Waals surface area contributed by atoms with Crippen molar-refractivity contribution in [2.24, 2.45) is 0 Å². The van der Waals surface area contributed by atoms with Gasteiger partial charge >= 0.3 is 11.9 Å². The van der Waals surface area contributed by atoms with Crippen LogP contribution >= 0.6 is 0 Å². The molecule has 0 bridgehead atoms. The van der Waals surface area contributed by atoms with Gasteiger partial charge in [0.1, 0.15) is 43.2 Å². The standard InChI is InChI=1S/C55H56O13/c1-59-52(57)49-48(47(61-33-39-22-10-3-11-23-39)51(63-35-41-26-14-5-15-27-41)54(68-49)65-37-43-30-18-7-19-31-43)67-55-50(62-34-40-24-12-4-13-25-40)45(60-32-38-20-8-2-9-21-38)44(56)46(66-55)53(58)64-36-42-28-16-6-17-29-42/h2-31,44-51,54-56H,32-37H2,1H3/t44-,45+,46+,47+,48-,49+,50-,51-,54-,55-/m1/s1. The van der Waals surface area contributed by atoms with Crippen LogP contribution in [-0.4, -0.2) is 85.6 Å². The molecule has 0 unspecified atom stereocenters. The van der Waals surface area contributed by atoms with Crippen molar-refractivity contribution in [2.45, 2.75) is 101 Å². The highest BCUT2D eigenvalue weighted by atomic mass is 16.8. The Balaban J connectivity index is 1.18. The minimum Gasteiger partial charge on any atom is -0.467 e. The molecule has 68 heavy (non-hydrogen) atoms. The second-order valence-electron chi connectivity index (χ2n) is 16.4. The van der Waals surface area contributed by atoms with Crippen LogP contribution in [0, 0.1) is 0 Å². The van der Waals surface area contributed by atoms with Crippen molar-refractivity contribution in [1.29, 1.82) is 0 Å². The van der Waals surface area contributed by atoms with Gasteiger partial charge in [0.25, 0.3) is 0 Å². The Kier molecular flexibility index (Phi) is 17.6. The minimum atomic E-state index is -1.64. The van der Waals surface area contributed by atoms with Gasteiger partial charge in [-0.3, -0.25) is 0 Å². The van der Waals surface area contributed by atoms with Crippen LogP contribution in [0.2, 0.25) is 0 Å². The maximum absolute atomic E-state index is 14.2. The summed E-state index contributed by atoms with van der Waals surface area (Å²) in [6.45, 7) is 0.244. The van der Waals surface area contributed by atoms with Crippen LogP contribution in [0.25, 0.3) is 0 Å². The third-order valence-corrected chi connectivity index (χ3v) is 11.6. The monoisotopic (exact) mass is 924 g/mol.